The molecule has 0 aliphatic carbocycles. The minimum absolute atomic E-state index is 0.0573. The molecule has 0 radical (unpaired) electrons. The number of esters is 2. The van der Waals surface area contributed by atoms with Crippen molar-refractivity contribution in [2.45, 2.75) is 213 Å². The SMILES string of the molecule is CCCCCCCCCCCCCCCCCCCC(=O)OC[C@H](CO)OC(=O)CCCCCCCCCCCCC. The van der Waals surface area contributed by atoms with E-state index in [2.05, 4.69) is 13.8 Å². The van der Waals surface area contributed by atoms with Crippen LogP contribution in [-0.2, 0) is 19.1 Å². The van der Waals surface area contributed by atoms with Gasteiger partial charge in [-0.3, -0.25) is 9.59 Å². The Labute approximate surface area is 261 Å². The summed E-state index contributed by atoms with van der Waals surface area (Å²) in [6.07, 6.45) is 35.9. The Kier molecular flexibility index (Phi) is 33.5. The molecule has 0 aliphatic heterocycles. The average molecular weight is 597 g/mol. The van der Waals surface area contributed by atoms with Crippen LogP contribution in [0.15, 0.2) is 0 Å². The number of carbonyl (C=O) groups excluding carboxylic acids is 2. The quantitative estimate of drug-likeness (QED) is 0.0591. The molecular formula is C37H72O5. The van der Waals surface area contributed by atoms with Crippen molar-refractivity contribution in [1.82, 2.24) is 0 Å². The number of unbranched alkanes of at least 4 members (excludes halogenated alkanes) is 26. The highest BCUT2D eigenvalue weighted by atomic mass is 16.6. The average Bonchev–Trinajstić information content (AvgIpc) is 2.99. The second kappa shape index (κ2) is 34.4. The molecule has 0 spiro atoms. The van der Waals surface area contributed by atoms with Gasteiger partial charge in [-0.1, -0.05) is 181 Å². The Morgan fingerprint density at radius 2 is 0.738 bits per heavy atom. The van der Waals surface area contributed by atoms with Gasteiger partial charge in [0.05, 0.1) is 6.61 Å². The normalized spacial score (nSPS) is 12.0. The van der Waals surface area contributed by atoms with Gasteiger partial charge in [0.15, 0.2) is 6.10 Å². The molecule has 0 unspecified atom stereocenters. The molecule has 0 amide bonds. The minimum atomic E-state index is -0.760. The molecule has 0 aliphatic rings. The van der Waals surface area contributed by atoms with Gasteiger partial charge in [0.25, 0.3) is 0 Å². The Balaban J connectivity index is 3.49. The monoisotopic (exact) mass is 597 g/mol. The molecule has 1 atom stereocenters. The highest BCUT2D eigenvalue weighted by Crippen LogP contribution is 2.15. The lowest BCUT2D eigenvalue weighted by Crippen LogP contribution is -2.28. The summed E-state index contributed by atoms with van der Waals surface area (Å²) < 4.78 is 10.6. The summed E-state index contributed by atoms with van der Waals surface area (Å²) in [6, 6.07) is 0. The summed E-state index contributed by atoms with van der Waals surface area (Å²) in [5.41, 5.74) is 0. The highest BCUT2D eigenvalue weighted by Gasteiger charge is 2.16. The van der Waals surface area contributed by atoms with Gasteiger partial charge in [-0.25, -0.2) is 0 Å². The van der Waals surface area contributed by atoms with E-state index in [4.69, 9.17) is 9.47 Å². The van der Waals surface area contributed by atoms with E-state index in [-0.39, 0.29) is 25.2 Å². The zero-order valence-electron chi connectivity index (χ0n) is 28.3. The van der Waals surface area contributed by atoms with Gasteiger partial charge in [0.1, 0.15) is 6.61 Å². The van der Waals surface area contributed by atoms with Crippen LogP contribution in [0, 0.1) is 0 Å². The topological polar surface area (TPSA) is 72.8 Å². The zero-order chi connectivity index (χ0) is 30.8. The maximum atomic E-state index is 12.1. The molecule has 0 saturated carbocycles. The van der Waals surface area contributed by atoms with E-state index in [0.29, 0.717) is 12.8 Å². The fraction of sp³-hybridized carbons (Fsp3) is 0.946. The van der Waals surface area contributed by atoms with Crippen LogP contribution >= 0.6 is 0 Å². The molecule has 5 nitrogen and oxygen atoms in total. The van der Waals surface area contributed by atoms with Gasteiger partial charge >= 0.3 is 11.9 Å². The molecule has 0 bridgehead atoms. The van der Waals surface area contributed by atoms with Gasteiger partial charge in [0, 0.05) is 12.8 Å². The molecule has 0 aromatic rings. The summed E-state index contributed by atoms with van der Waals surface area (Å²) in [5, 5.41) is 9.51. The molecule has 250 valence electrons. The molecule has 42 heavy (non-hydrogen) atoms. The number of hydrogen-bond acceptors (Lipinski definition) is 5. The van der Waals surface area contributed by atoms with Crippen LogP contribution in [0.1, 0.15) is 206 Å². The number of rotatable bonds is 34. The maximum Gasteiger partial charge on any atom is 0.306 e. The van der Waals surface area contributed by atoms with Gasteiger partial charge in [-0.05, 0) is 12.8 Å². The minimum Gasteiger partial charge on any atom is -0.462 e. The second-order valence-corrected chi connectivity index (χ2v) is 12.7. The van der Waals surface area contributed by atoms with Crippen LogP contribution in [-0.4, -0.2) is 36.4 Å². The van der Waals surface area contributed by atoms with Crippen LogP contribution in [0.25, 0.3) is 0 Å². The molecule has 0 saturated heterocycles. The maximum absolute atomic E-state index is 12.1. The van der Waals surface area contributed by atoms with Gasteiger partial charge in [-0.15, -0.1) is 0 Å². The number of aliphatic hydroxyl groups excluding tert-OH is 1. The van der Waals surface area contributed by atoms with Crippen molar-refractivity contribution in [3.05, 3.63) is 0 Å². The fourth-order valence-corrected chi connectivity index (χ4v) is 5.55. The van der Waals surface area contributed by atoms with E-state index in [1.807, 2.05) is 0 Å². The lowest BCUT2D eigenvalue weighted by Gasteiger charge is -2.15. The molecule has 1 N–H and O–H groups in total. The van der Waals surface area contributed by atoms with Crippen LogP contribution in [0.3, 0.4) is 0 Å². The first-order valence-corrected chi connectivity index (χ1v) is 18.6. The Hall–Kier alpha value is -1.10. The van der Waals surface area contributed by atoms with Crippen molar-refractivity contribution in [1.29, 1.82) is 0 Å². The largest absolute Gasteiger partial charge is 0.462 e. The van der Waals surface area contributed by atoms with E-state index in [1.165, 1.54) is 148 Å². The van der Waals surface area contributed by atoms with E-state index >= 15 is 0 Å². The molecular weight excluding hydrogens is 524 g/mol. The first kappa shape index (κ1) is 40.9. The molecule has 5 heteroatoms. The van der Waals surface area contributed by atoms with Crippen molar-refractivity contribution in [2.24, 2.45) is 0 Å². The predicted octanol–water partition coefficient (Wildman–Crippen LogP) is 11.2. The summed E-state index contributed by atoms with van der Waals surface area (Å²) in [7, 11) is 0. The molecule has 0 aromatic carbocycles. The summed E-state index contributed by atoms with van der Waals surface area (Å²) >= 11 is 0. The standard InChI is InChI=1S/C37H72O5/c1-3-5-7-9-11-13-15-16-17-18-19-20-22-23-25-27-29-31-36(39)41-34-35(33-38)42-37(40)32-30-28-26-24-21-14-12-10-8-6-4-2/h35,38H,3-34H2,1-2H3/t35-/m0/s1. The van der Waals surface area contributed by atoms with Gasteiger partial charge < -0.3 is 14.6 Å². The zero-order valence-corrected chi connectivity index (χ0v) is 28.3. The van der Waals surface area contributed by atoms with Crippen molar-refractivity contribution in [2.75, 3.05) is 13.2 Å². The third-order valence-electron chi connectivity index (χ3n) is 8.40. The number of aliphatic hydroxyl groups is 1. The summed E-state index contributed by atoms with van der Waals surface area (Å²) in [5.74, 6) is -0.579. The number of ether oxygens (including phenoxy) is 2. The van der Waals surface area contributed by atoms with E-state index < -0.39 is 6.10 Å². The number of hydrogen-bond donors (Lipinski definition) is 1. The lowest BCUT2D eigenvalue weighted by molar-refractivity contribution is -0.161. The van der Waals surface area contributed by atoms with Crippen LogP contribution in [0.2, 0.25) is 0 Å². The first-order valence-electron chi connectivity index (χ1n) is 18.6. The van der Waals surface area contributed by atoms with E-state index in [1.54, 1.807) is 0 Å². The second-order valence-electron chi connectivity index (χ2n) is 12.7. The lowest BCUT2D eigenvalue weighted by atomic mass is 10.0. The van der Waals surface area contributed by atoms with Crippen molar-refractivity contribution in [3.8, 4) is 0 Å². The molecule has 0 fully saturated rings. The van der Waals surface area contributed by atoms with Crippen LogP contribution in [0.4, 0.5) is 0 Å². The van der Waals surface area contributed by atoms with Crippen molar-refractivity contribution in [3.63, 3.8) is 0 Å². The third kappa shape index (κ3) is 31.8. The van der Waals surface area contributed by atoms with Gasteiger partial charge in [0.2, 0.25) is 0 Å². The number of carbonyl (C=O) groups is 2. The third-order valence-corrected chi connectivity index (χ3v) is 8.40. The smallest absolute Gasteiger partial charge is 0.306 e. The molecule has 0 rings (SSSR count). The Morgan fingerprint density at radius 3 is 1.05 bits per heavy atom. The van der Waals surface area contributed by atoms with Gasteiger partial charge in [-0.2, -0.15) is 0 Å². The highest BCUT2D eigenvalue weighted by molar-refractivity contribution is 5.70. The van der Waals surface area contributed by atoms with Crippen LogP contribution < -0.4 is 0 Å². The molecule has 0 heterocycles. The van der Waals surface area contributed by atoms with E-state index in [0.717, 1.165) is 32.1 Å². The van der Waals surface area contributed by atoms with Crippen LogP contribution in [0.5, 0.6) is 0 Å². The Bertz CT molecular complexity index is 564. The summed E-state index contributed by atoms with van der Waals surface area (Å²) in [6.45, 7) is 4.14. The Morgan fingerprint density at radius 1 is 0.452 bits per heavy atom. The van der Waals surface area contributed by atoms with Crippen molar-refractivity contribution < 1.29 is 24.2 Å². The predicted molar refractivity (Wildman–Crippen MR) is 178 cm³/mol. The van der Waals surface area contributed by atoms with E-state index in [9.17, 15) is 14.7 Å². The fourth-order valence-electron chi connectivity index (χ4n) is 5.55. The summed E-state index contributed by atoms with van der Waals surface area (Å²) in [4.78, 5) is 24.1. The first-order chi connectivity index (χ1) is 20.6. The van der Waals surface area contributed by atoms with Crippen molar-refractivity contribution >= 4 is 11.9 Å². The molecule has 0 aromatic heterocycles.